The number of esters is 1. The van der Waals surface area contributed by atoms with Crippen molar-refractivity contribution in [1.82, 2.24) is 0 Å². The third kappa shape index (κ3) is 4.49. The third-order valence-corrected chi connectivity index (χ3v) is 6.44. The highest BCUT2D eigenvalue weighted by Crippen LogP contribution is 2.55. The molecule has 5 atom stereocenters. The van der Waals surface area contributed by atoms with Crippen LogP contribution in [0, 0.1) is 29.6 Å². The van der Waals surface area contributed by atoms with Crippen molar-refractivity contribution in [1.29, 1.82) is 0 Å². The van der Waals surface area contributed by atoms with Gasteiger partial charge in [0.15, 0.2) is 0 Å². The molecule has 2 aliphatic rings. The average molecular weight is 309 g/mol. The smallest absolute Gasteiger partial charge is 0.309 e. The minimum Gasteiger partial charge on any atom is -0.465 e. The highest BCUT2D eigenvalue weighted by atomic mass is 16.5. The maximum absolute atomic E-state index is 12.3. The molecular weight excluding hydrogens is 272 g/mol. The summed E-state index contributed by atoms with van der Waals surface area (Å²) in [6, 6.07) is 0. The van der Waals surface area contributed by atoms with Crippen LogP contribution in [-0.2, 0) is 9.53 Å². The van der Waals surface area contributed by atoms with Crippen molar-refractivity contribution in [2.45, 2.75) is 85.0 Å². The van der Waals surface area contributed by atoms with Crippen LogP contribution in [0.4, 0.5) is 0 Å². The number of hydrogen-bond donors (Lipinski definition) is 0. The van der Waals surface area contributed by atoms with E-state index in [4.69, 9.17) is 4.74 Å². The van der Waals surface area contributed by atoms with E-state index < -0.39 is 0 Å². The normalized spacial score (nSPS) is 33.3. The van der Waals surface area contributed by atoms with E-state index in [0.717, 1.165) is 24.7 Å². The molecule has 0 saturated heterocycles. The maximum Gasteiger partial charge on any atom is 0.309 e. The molecule has 2 saturated carbocycles. The van der Waals surface area contributed by atoms with Crippen molar-refractivity contribution in [3.8, 4) is 0 Å². The van der Waals surface area contributed by atoms with E-state index in [-0.39, 0.29) is 11.9 Å². The standard InChI is InChI=1S/C20H36O2/c1-4-5-6-7-8-9-10-11-12-22-20(21)19-14-17-13-18(19)16(3)15(17)2/h15-19H,4-14H2,1-3H3. The molecule has 0 spiro atoms. The zero-order valence-corrected chi connectivity index (χ0v) is 15.0. The summed E-state index contributed by atoms with van der Waals surface area (Å²) < 4.78 is 5.57. The van der Waals surface area contributed by atoms with Gasteiger partial charge in [0, 0.05) is 0 Å². The lowest BCUT2D eigenvalue weighted by atomic mass is 9.76. The van der Waals surface area contributed by atoms with Crippen molar-refractivity contribution in [3.05, 3.63) is 0 Å². The van der Waals surface area contributed by atoms with Crippen LogP contribution < -0.4 is 0 Å². The second kappa shape index (κ2) is 8.93. The second-order valence-corrected chi connectivity index (χ2v) is 7.86. The van der Waals surface area contributed by atoms with Gasteiger partial charge in [-0.3, -0.25) is 4.79 Å². The first kappa shape index (κ1) is 17.8. The summed E-state index contributed by atoms with van der Waals surface area (Å²) in [6.07, 6.45) is 12.7. The fraction of sp³-hybridized carbons (Fsp3) is 0.950. The Morgan fingerprint density at radius 2 is 1.55 bits per heavy atom. The molecule has 0 radical (unpaired) electrons. The number of ether oxygens (including phenoxy) is 1. The SMILES string of the molecule is CCCCCCCCCCOC(=O)C1CC2CC1C(C)C2C. The van der Waals surface area contributed by atoms with Gasteiger partial charge >= 0.3 is 5.97 Å². The molecule has 0 aromatic rings. The Hall–Kier alpha value is -0.530. The van der Waals surface area contributed by atoms with Gasteiger partial charge in [-0.05, 0) is 42.9 Å². The molecule has 2 rings (SSSR count). The highest BCUT2D eigenvalue weighted by Gasteiger charge is 2.51. The molecule has 2 bridgehead atoms. The number of carbonyl (C=O) groups is 1. The number of hydrogen-bond acceptors (Lipinski definition) is 2. The van der Waals surface area contributed by atoms with Crippen molar-refractivity contribution in [2.24, 2.45) is 29.6 Å². The van der Waals surface area contributed by atoms with Crippen LogP contribution >= 0.6 is 0 Å². The molecule has 0 heterocycles. The Bertz CT molecular complexity index is 337. The molecule has 5 unspecified atom stereocenters. The molecule has 2 fully saturated rings. The predicted octanol–water partition coefficient (Wildman–Crippen LogP) is 5.60. The summed E-state index contributed by atoms with van der Waals surface area (Å²) in [7, 11) is 0. The number of fused-ring (bicyclic) bond motifs is 2. The summed E-state index contributed by atoms with van der Waals surface area (Å²) in [5, 5.41) is 0. The molecule has 0 N–H and O–H groups in total. The Morgan fingerprint density at radius 3 is 2.14 bits per heavy atom. The Kier molecular flexibility index (Phi) is 7.24. The van der Waals surface area contributed by atoms with Crippen molar-refractivity contribution in [3.63, 3.8) is 0 Å². The minimum atomic E-state index is 0.106. The van der Waals surface area contributed by atoms with Crippen molar-refractivity contribution >= 4 is 5.97 Å². The lowest BCUT2D eigenvalue weighted by Gasteiger charge is -2.30. The monoisotopic (exact) mass is 308 g/mol. The lowest BCUT2D eigenvalue weighted by Crippen LogP contribution is -2.31. The maximum atomic E-state index is 12.3. The highest BCUT2D eigenvalue weighted by molar-refractivity contribution is 5.73. The average Bonchev–Trinajstić information content (AvgIpc) is 3.06. The summed E-state index contributed by atoms with van der Waals surface area (Å²) >= 11 is 0. The van der Waals surface area contributed by atoms with Gasteiger partial charge < -0.3 is 4.74 Å². The van der Waals surface area contributed by atoms with E-state index in [2.05, 4.69) is 20.8 Å². The topological polar surface area (TPSA) is 26.3 Å². The largest absolute Gasteiger partial charge is 0.465 e. The van der Waals surface area contributed by atoms with Crippen LogP contribution in [0.5, 0.6) is 0 Å². The van der Waals surface area contributed by atoms with Crippen LogP contribution in [0.2, 0.25) is 0 Å². The molecule has 0 aliphatic heterocycles. The fourth-order valence-corrected chi connectivity index (χ4v) is 4.73. The molecule has 128 valence electrons. The zero-order chi connectivity index (χ0) is 15.9. The Morgan fingerprint density at radius 1 is 0.909 bits per heavy atom. The molecule has 0 aromatic carbocycles. The fourth-order valence-electron chi connectivity index (χ4n) is 4.73. The van der Waals surface area contributed by atoms with E-state index in [1.807, 2.05) is 0 Å². The van der Waals surface area contributed by atoms with Crippen LogP contribution in [0.3, 0.4) is 0 Å². The van der Waals surface area contributed by atoms with Crippen LogP contribution in [0.1, 0.15) is 85.0 Å². The summed E-state index contributed by atoms with van der Waals surface area (Å²) in [5.74, 6) is 3.22. The van der Waals surface area contributed by atoms with Crippen LogP contribution in [0.15, 0.2) is 0 Å². The van der Waals surface area contributed by atoms with Gasteiger partial charge in [0.05, 0.1) is 12.5 Å². The van der Waals surface area contributed by atoms with Gasteiger partial charge in [-0.15, -0.1) is 0 Å². The van der Waals surface area contributed by atoms with Crippen LogP contribution in [-0.4, -0.2) is 12.6 Å². The molecule has 22 heavy (non-hydrogen) atoms. The molecule has 0 aromatic heterocycles. The van der Waals surface area contributed by atoms with E-state index in [1.54, 1.807) is 0 Å². The molecule has 0 amide bonds. The second-order valence-electron chi connectivity index (χ2n) is 7.86. The number of unbranched alkanes of at least 4 members (excludes halogenated alkanes) is 7. The van der Waals surface area contributed by atoms with Crippen molar-refractivity contribution < 1.29 is 9.53 Å². The van der Waals surface area contributed by atoms with Crippen molar-refractivity contribution in [2.75, 3.05) is 6.61 Å². The molecule has 2 nitrogen and oxygen atoms in total. The first-order valence-corrected chi connectivity index (χ1v) is 9.81. The molecule has 2 heteroatoms. The summed E-state index contributed by atoms with van der Waals surface area (Å²) in [4.78, 5) is 12.3. The quantitative estimate of drug-likeness (QED) is 0.388. The van der Waals surface area contributed by atoms with Gasteiger partial charge in [0.2, 0.25) is 0 Å². The van der Waals surface area contributed by atoms with E-state index >= 15 is 0 Å². The van der Waals surface area contributed by atoms with Gasteiger partial charge in [0.25, 0.3) is 0 Å². The third-order valence-electron chi connectivity index (χ3n) is 6.44. The summed E-state index contributed by atoms with van der Waals surface area (Å²) in [5.41, 5.74) is 0. The van der Waals surface area contributed by atoms with Gasteiger partial charge in [0.1, 0.15) is 0 Å². The number of rotatable bonds is 10. The van der Waals surface area contributed by atoms with Gasteiger partial charge in [-0.1, -0.05) is 65.7 Å². The Balaban J connectivity index is 1.51. The van der Waals surface area contributed by atoms with Gasteiger partial charge in [-0.25, -0.2) is 0 Å². The number of carbonyl (C=O) groups excluding carboxylic acids is 1. The van der Waals surface area contributed by atoms with Crippen LogP contribution in [0.25, 0.3) is 0 Å². The summed E-state index contributed by atoms with van der Waals surface area (Å²) in [6.45, 7) is 7.59. The predicted molar refractivity (Wildman–Crippen MR) is 91.6 cm³/mol. The first-order valence-electron chi connectivity index (χ1n) is 9.81. The lowest BCUT2D eigenvalue weighted by molar-refractivity contribution is -0.151. The van der Waals surface area contributed by atoms with E-state index in [0.29, 0.717) is 18.4 Å². The zero-order valence-electron chi connectivity index (χ0n) is 15.0. The molecular formula is C20H36O2. The van der Waals surface area contributed by atoms with E-state index in [1.165, 1.54) is 51.4 Å². The molecule has 2 aliphatic carbocycles. The van der Waals surface area contributed by atoms with E-state index in [9.17, 15) is 4.79 Å². The van der Waals surface area contributed by atoms with Gasteiger partial charge in [-0.2, -0.15) is 0 Å². The minimum absolute atomic E-state index is 0.106. The Labute approximate surface area is 137 Å². The first-order chi connectivity index (χ1) is 10.6.